The van der Waals surface area contributed by atoms with Gasteiger partial charge in [-0.3, -0.25) is 9.59 Å². The lowest BCUT2D eigenvalue weighted by Gasteiger charge is -2.36. The van der Waals surface area contributed by atoms with E-state index >= 15 is 0 Å². The van der Waals surface area contributed by atoms with Crippen LogP contribution in [0, 0.1) is 6.92 Å². The fraction of sp³-hybridized carbons (Fsp3) is 0.400. The lowest BCUT2D eigenvalue weighted by Crippen LogP contribution is -2.48. The summed E-state index contributed by atoms with van der Waals surface area (Å²) in [5.74, 6) is 0.235. The first-order valence-corrected chi connectivity index (χ1v) is 9.55. The van der Waals surface area contributed by atoms with Crippen molar-refractivity contribution in [3.8, 4) is 0 Å². The van der Waals surface area contributed by atoms with Gasteiger partial charge in [0.25, 0.3) is 5.91 Å². The summed E-state index contributed by atoms with van der Waals surface area (Å²) in [6, 6.07) is 9.77. The molecule has 0 N–H and O–H groups in total. The molecule has 1 aliphatic rings. The highest BCUT2D eigenvalue weighted by Crippen LogP contribution is 2.24. The van der Waals surface area contributed by atoms with Gasteiger partial charge in [-0.2, -0.15) is 0 Å². The summed E-state index contributed by atoms with van der Waals surface area (Å²) in [5, 5.41) is 0. The fourth-order valence-corrected chi connectivity index (χ4v) is 4.29. The normalized spacial score (nSPS) is 14.7. The first-order chi connectivity index (χ1) is 12.0. The van der Waals surface area contributed by atoms with Crippen molar-refractivity contribution in [1.82, 2.24) is 4.90 Å². The SMILES string of the molecule is CCc1cc(C(=O)N2CCN(c3ccc(C(C)=O)cc3)CC2)sc1C. The van der Waals surface area contributed by atoms with E-state index in [1.54, 1.807) is 18.3 Å². The minimum Gasteiger partial charge on any atom is -0.368 e. The Morgan fingerprint density at radius 3 is 2.24 bits per heavy atom. The molecular formula is C20H24N2O2S. The molecule has 0 saturated carbocycles. The van der Waals surface area contributed by atoms with Gasteiger partial charge in [-0.05, 0) is 56.2 Å². The van der Waals surface area contributed by atoms with Crippen LogP contribution in [0.2, 0.25) is 0 Å². The molecule has 0 bridgehead atoms. The Bertz CT molecular complexity index is 771. The van der Waals surface area contributed by atoms with Gasteiger partial charge < -0.3 is 9.80 Å². The first kappa shape index (κ1) is 17.7. The van der Waals surface area contributed by atoms with Gasteiger partial charge in [-0.25, -0.2) is 0 Å². The van der Waals surface area contributed by atoms with Gasteiger partial charge in [-0.15, -0.1) is 11.3 Å². The van der Waals surface area contributed by atoms with Crippen LogP contribution in [0.3, 0.4) is 0 Å². The van der Waals surface area contributed by atoms with E-state index in [-0.39, 0.29) is 11.7 Å². The molecule has 0 spiro atoms. The second-order valence-electron chi connectivity index (χ2n) is 6.43. The molecule has 132 valence electrons. The number of Topliss-reactive ketones (excluding diaryl/α,β-unsaturated/α-hetero) is 1. The summed E-state index contributed by atoms with van der Waals surface area (Å²) in [7, 11) is 0. The van der Waals surface area contributed by atoms with Gasteiger partial charge in [0.1, 0.15) is 0 Å². The number of anilines is 1. The van der Waals surface area contributed by atoms with Gasteiger partial charge in [-0.1, -0.05) is 6.92 Å². The fourth-order valence-electron chi connectivity index (χ4n) is 3.21. The molecule has 1 aromatic carbocycles. The second-order valence-corrected chi connectivity index (χ2v) is 7.68. The zero-order valence-corrected chi connectivity index (χ0v) is 15.9. The summed E-state index contributed by atoms with van der Waals surface area (Å²) in [6.45, 7) is 8.88. The number of ketones is 1. The van der Waals surface area contributed by atoms with E-state index in [2.05, 4.69) is 24.8 Å². The Kier molecular flexibility index (Phi) is 5.23. The Morgan fingerprint density at radius 2 is 1.72 bits per heavy atom. The molecule has 0 unspecified atom stereocenters. The lowest BCUT2D eigenvalue weighted by atomic mass is 10.1. The summed E-state index contributed by atoms with van der Waals surface area (Å²) in [6.07, 6.45) is 0.972. The number of rotatable bonds is 4. The average molecular weight is 356 g/mol. The molecule has 4 nitrogen and oxygen atoms in total. The maximum Gasteiger partial charge on any atom is 0.264 e. The van der Waals surface area contributed by atoms with Crippen molar-refractivity contribution in [3.63, 3.8) is 0 Å². The predicted molar refractivity (Wildman–Crippen MR) is 103 cm³/mol. The van der Waals surface area contributed by atoms with Crippen molar-refractivity contribution in [3.05, 3.63) is 51.2 Å². The van der Waals surface area contributed by atoms with Crippen LogP contribution in [0.15, 0.2) is 30.3 Å². The van der Waals surface area contributed by atoms with Gasteiger partial charge in [0.15, 0.2) is 5.78 Å². The number of hydrogen-bond acceptors (Lipinski definition) is 4. The molecule has 1 fully saturated rings. The third-order valence-electron chi connectivity index (χ3n) is 4.82. The Labute approximate surface area is 153 Å². The van der Waals surface area contributed by atoms with Crippen molar-refractivity contribution < 1.29 is 9.59 Å². The Balaban J connectivity index is 1.62. The molecule has 5 heteroatoms. The second kappa shape index (κ2) is 7.40. The van der Waals surface area contributed by atoms with Crippen LogP contribution >= 0.6 is 11.3 Å². The predicted octanol–water partition coefficient (Wildman–Crippen LogP) is 3.78. The number of carbonyl (C=O) groups is 2. The van der Waals surface area contributed by atoms with Crippen LogP contribution in [-0.2, 0) is 6.42 Å². The van der Waals surface area contributed by atoms with Gasteiger partial charge in [0, 0.05) is 42.3 Å². The molecule has 0 aliphatic carbocycles. The number of carbonyl (C=O) groups excluding carboxylic acids is 2. The van der Waals surface area contributed by atoms with Crippen LogP contribution in [0.4, 0.5) is 5.69 Å². The van der Waals surface area contributed by atoms with Crippen LogP contribution in [0.25, 0.3) is 0 Å². The smallest absolute Gasteiger partial charge is 0.264 e. The minimum atomic E-state index is 0.0830. The number of piperazine rings is 1. The topological polar surface area (TPSA) is 40.6 Å². The van der Waals surface area contributed by atoms with E-state index in [0.29, 0.717) is 0 Å². The third-order valence-corrected chi connectivity index (χ3v) is 5.90. The minimum absolute atomic E-state index is 0.0830. The van der Waals surface area contributed by atoms with Crippen molar-refractivity contribution in [2.45, 2.75) is 27.2 Å². The Hall–Kier alpha value is -2.14. The molecule has 1 aromatic heterocycles. The van der Waals surface area contributed by atoms with Crippen molar-refractivity contribution in [2.75, 3.05) is 31.1 Å². The molecule has 25 heavy (non-hydrogen) atoms. The molecule has 0 atom stereocenters. The summed E-state index contributed by atoms with van der Waals surface area (Å²) in [4.78, 5) is 30.4. The van der Waals surface area contributed by atoms with E-state index in [0.717, 1.165) is 48.7 Å². The van der Waals surface area contributed by atoms with Gasteiger partial charge >= 0.3 is 0 Å². The van der Waals surface area contributed by atoms with Crippen molar-refractivity contribution in [1.29, 1.82) is 0 Å². The maximum atomic E-state index is 12.7. The van der Waals surface area contributed by atoms with E-state index < -0.39 is 0 Å². The zero-order valence-electron chi connectivity index (χ0n) is 15.0. The zero-order chi connectivity index (χ0) is 18.0. The number of thiophene rings is 1. The molecule has 3 rings (SSSR count). The van der Waals surface area contributed by atoms with E-state index in [9.17, 15) is 9.59 Å². The molecular weight excluding hydrogens is 332 g/mol. The summed E-state index contributed by atoms with van der Waals surface area (Å²) >= 11 is 1.61. The maximum absolute atomic E-state index is 12.7. The monoisotopic (exact) mass is 356 g/mol. The van der Waals surface area contributed by atoms with E-state index in [1.165, 1.54) is 10.4 Å². The molecule has 0 radical (unpaired) electrons. The van der Waals surface area contributed by atoms with Gasteiger partial charge in [0.05, 0.1) is 4.88 Å². The number of hydrogen-bond donors (Lipinski definition) is 0. The van der Waals surface area contributed by atoms with Crippen LogP contribution in [0.5, 0.6) is 0 Å². The molecule has 1 saturated heterocycles. The highest BCUT2D eigenvalue weighted by Gasteiger charge is 2.24. The Morgan fingerprint density at radius 1 is 1.08 bits per heavy atom. The third kappa shape index (κ3) is 3.76. The highest BCUT2D eigenvalue weighted by atomic mass is 32.1. The molecule has 1 amide bonds. The number of nitrogens with zero attached hydrogens (tertiary/aromatic N) is 2. The number of amides is 1. The van der Waals surface area contributed by atoms with Gasteiger partial charge in [0.2, 0.25) is 0 Å². The average Bonchev–Trinajstić information content (AvgIpc) is 3.02. The summed E-state index contributed by atoms with van der Waals surface area (Å²) < 4.78 is 0. The number of aryl methyl sites for hydroxylation is 2. The lowest BCUT2D eigenvalue weighted by molar-refractivity contribution is 0.0751. The largest absolute Gasteiger partial charge is 0.368 e. The standard InChI is InChI=1S/C20H24N2O2S/c1-4-16-13-19(25-15(16)3)20(24)22-11-9-21(10-12-22)18-7-5-17(6-8-18)14(2)23/h5-8,13H,4,9-12H2,1-3H3. The van der Waals surface area contributed by atoms with Crippen molar-refractivity contribution in [2.24, 2.45) is 0 Å². The van der Waals surface area contributed by atoms with E-state index in [4.69, 9.17) is 0 Å². The number of benzene rings is 1. The van der Waals surface area contributed by atoms with Crippen LogP contribution in [-0.4, -0.2) is 42.8 Å². The molecule has 1 aliphatic heterocycles. The quantitative estimate of drug-likeness (QED) is 0.783. The van der Waals surface area contributed by atoms with Crippen LogP contribution < -0.4 is 4.90 Å². The van der Waals surface area contributed by atoms with Crippen LogP contribution in [0.1, 0.15) is 44.3 Å². The molecule has 2 heterocycles. The summed E-state index contributed by atoms with van der Waals surface area (Å²) in [5.41, 5.74) is 3.12. The van der Waals surface area contributed by atoms with E-state index in [1.807, 2.05) is 29.2 Å². The van der Waals surface area contributed by atoms with Crippen molar-refractivity contribution >= 4 is 28.7 Å². The highest BCUT2D eigenvalue weighted by molar-refractivity contribution is 7.14. The molecule has 2 aromatic rings. The first-order valence-electron chi connectivity index (χ1n) is 8.74.